The molecule has 0 aliphatic heterocycles. The number of rotatable bonds is 4. The van der Waals surface area contributed by atoms with Gasteiger partial charge in [0.05, 0.1) is 27.4 Å². The Labute approximate surface area is 128 Å². The van der Waals surface area contributed by atoms with Gasteiger partial charge < -0.3 is 29.9 Å². The van der Waals surface area contributed by atoms with Crippen LogP contribution in [0.2, 0.25) is 0 Å². The molecule has 0 atom stereocenters. The monoisotopic (exact) mass is 308 g/mol. The summed E-state index contributed by atoms with van der Waals surface area (Å²) in [5.74, 6) is 0.871. The lowest BCUT2D eigenvalue weighted by Crippen LogP contribution is -1.93. The fraction of sp³-hybridized carbons (Fsp3) is 0.250. The van der Waals surface area contributed by atoms with Crippen LogP contribution in [0.25, 0.3) is 0 Å². The summed E-state index contributed by atoms with van der Waals surface area (Å²) in [7, 11) is 2.94. The van der Waals surface area contributed by atoms with E-state index in [0.717, 1.165) is 0 Å². The smallest absolute Gasteiger partial charge is 0.163 e. The fourth-order valence-electron chi connectivity index (χ4n) is 1.73. The van der Waals surface area contributed by atoms with Crippen LogP contribution in [0.3, 0.4) is 0 Å². The minimum Gasteiger partial charge on any atom is -0.504 e. The number of para-hydroxylation sites is 2. The van der Waals surface area contributed by atoms with Crippen molar-refractivity contribution in [3.05, 3.63) is 47.5 Å². The van der Waals surface area contributed by atoms with Crippen molar-refractivity contribution in [1.82, 2.24) is 0 Å². The van der Waals surface area contributed by atoms with Crippen LogP contribution in [0.5, 0.6) is 23.0 Å². The zero-order chi connectivity index (χ0) is 16.5. The van der Waals surface area contributed by atoms with Gasteiger partial charge >= 0.3 is 0 Å². The number of phenols is 2. The molecule has 0 bridgehead atoms. The third-order valence-corrected chi connectivity index (χ3v) is 2.87. The van der Waals surface area contributed by atoms with Gasteiger partial charge in [0, 0.05) is 5.56 Å². The lowest BCUT2D eigenvalue weighted by Gasteiger charge is -2.09. The summed E-state index contributed by atoms with van der Waals surface area (Å²) in [5, 5.41) is 36.1. The number of phenolic OH excluding ortho intramolecular Hbond substituents is 1. The van der Waals surface area contributed by atoms with Crippen molar-refractivity contribution in [1.29, 1.82) is 0 Å². The number of methoxy groups -OCH3 is 2. The van der Waals surface area contributed by atoms with E-state index >= 15 is 0 Å². The van der Waals surface area contributed by atoms with Crippen LogP contribution >= 0.6 is 0 Å². The molecule has 6 nitrogen and oxygen atoms in total. The second-order valence-corrected chi connectivity index (χ2v) is 4.29. The number of benzene rings is 2. The second kappa shape index (κ2) is 8.76. The second-order valence-electron chi connectivity index (χ2n) is 4.29. The van der Waals surface area contributed by atoms with E-state index in [1.54, 1.807) is 24.3 Å². The molecule has 2 aromatic rings. The Balaban J connectivity index is 0.000000235. The minimum atomic E-state index is -0.282. The maximum absolute atomic E-state index is 9.44. The first-order chi connectivity index (χ1) is 10.6. The normalized spacial score (nSPS) is 9.64. The predicted octanol–water partition coefficient (Wildman–Crippen LogP) is 1.79. The van der Waals surface area contributed by atoms with E-state index in [-0.39, 0.29) is 30.5 Å². The molecule has 6 heteroatoms. The van der Waals surface area contributed by atoms with Crippen LogP contribution in [0.1, 0.15) is 11.1 Å². The van der Waals surface area contributed by atoms with Crippen molar-refractivity contribution in [3.8, 4) is 23.0 Å². The summed E-state index contributed by atoms with van der Waals surface area (Å²) in [5.41, 5.74) is 0.946. The van der Waals surface area contributed by atoms with Gasteiger partial charge in [0.1, 0.15) is 0 Å². The van der Waals surface area contributed by atoms with Gasteiger partial charge in [-0.3, -0.25) is 0 Å². The lowest BCUT2D eigenvalue weighted by atomic mass is 10.1. The topological polar surface area (TPSA) is 99.4 Å². The molecule has 0 amide bonds. The average Bonchev–Trinajstić information content (AvgIpc) is 2.56. The molecule has 0 radical (unpaired) electrons. The van der Waals surface area contributed by atoms with Crippen molar-refractivity contribution in [2.24, 2.45) is 0 Å². The van der Waals surface area contributed by atoms with Gasteiger partial charge in [0.2, 0.25) is 0 Å². The van der Waals surface area contributed by atoms with Crippen LogP contribution in [-0.2, 0) is 13.2 Å². The Morgan fingerprint density at radius 3 is 1.95 bits per heavy atom. The molecule has 22 heavy (non-hydrogen) atoms. The largest absolute Gasteiger partial charge is 0.504 e. The Hall–Kier alpha value is -2.44. The van der Waals surface area contributed by atoms with Crippen LogP contribution in [0.4, 0.5) is 0 Å². The number of aliphatic hydroxyl groups is 2. The number of aliphatic hydroxyl groups excluding tert-OH is 2. The Bertz CT molecular complexity index is 572. The lowest BCUT2D eigenvalue weighted by molar-refractivity contribution is 0.267. The zero-order valence-electron chi connectivity index (χ0n) is 12.5. The summed E-state index contributed by atoms with van der Waals surface area (Å²) in [6.45, 7) is -0.431. The van der Waals surface area contributed by atoms with Crippen molar-refractivity contribution < 1.29 is 29.9 Å². The maximum Gasteiger partial charge on any atom is 0.163 e. The van der Waals surface area contributed by atoms with Gasteiger partial charge in [-0.1, -0.05) is 12.1 Å². The van der Waals surface area contributed by atoms with Crippen molar-refractivity contribution in [2.75, 3.05) is 14.2 Å². The fourth-order valence-corrected chi connectivity index (χ4v) is 1.73. The summed E-state index contributed by atoms with van der Waals surface area (Å²) in [4.78, 5) is 0. The quantitative estimate of drug-likeness (QED) is 0.687. The molecule has 0 aliphatic carbocycles. The van der Waals surface area contributed by atoms with Gasteiger partial charge in [-0.2, -0.15) is 0 Å². The molecule has 0 aliphatic rings. The molecule has 120 valence electrons. The molecular formula is C16H20O6. The predicted molar refractivity (Wildman–Crippen MR) is 81.2 cm³/mol. The molecule has 0 saturated carbocycles. The molecule has 0 fully saturated rings. The molecule has 2 rings (SSSR count). The highest BCUT2D eigenvalue weighted by molar-refractivity contribution is 5.48. The Morgan fingerprint density at radius 1 is 0.864 bits per heavy atom. The first-order valence-corrected chi connectivity index (χ1v) is 6.49. The third-order valence-electron chi connectivity index (χ3n) is 2.87. The molecule has 0 spiro atoms. The van der Waals surface area contributed by atoms with E-state index in [0.29, 0.717) is 16.9 Å². The Morgan fingerprint density at radius 2 is 1.50 bits per heavy atom. The minimum absolute atomic E-state index is 0.0813. The number of ether oxygens (including phenoxy) is 2. The van der Waals surface area contributed by atoms with E-state index in [1.165, 1.54) is 26.4 Å². The first kappa shape index (κ1) is 17.6. The summed E-state index contributed by atoms with van der Waals surface area (Å²) in [6.07, 6.45) is 0. The SMILES string of the molecule is COc1cc(CO)cc(CO)c1O.COc1ccccc1O. The average molecular weight is 308 g/mol. The standard InChI is InChI=1S/C9H12O4.C7H8O2/c1-13-8-3-6(4-10)2-7(5-11)9(8)12;1-9-7-5-3-2-4-6(7)8/h2-3,10-12H,4-5H2,1H3;2-5,8H,1H3. The number of aromatic hydroxyl groups is 2. The molecule has 0 heterocycles. The number of hydrogen-bond acceptors (Lipinski definition) is 6. The highest BCUT2D eigenvalue weighted by atomic mass is 16.5. The van der Waals surface area contributed by atoms with Gasteiger partial charge in [0.15, 0.2) is 23.0 Å². The highest BCUT2D eigenvalue weighted by Crippen LogP contribution is 2.31. The summed E-state index contributed by atoms with van der Waals surface area (Å²) in [6, 6.07) is 9.89. The molecule has 0 aromatic heterocycles. The molecular weight excluding hydrogens is 288 g/mol. The summed E-state index contributed by atoms with van der Waals surface area (Å²) < 4.78 is 9.65. The molecule has 0 unspecified atom stereocenters. The van der Waals surface area contributed by atoms with Crippen molar-refractivity contribution >= 4 is 0 Å². The maximum atomic E-state index is 9.44. The van der Waals surface area contributed by atoms with Gasteiger partial charge in [0.25, 0.3) is 0 Å². The Kier molecular flexibility index (Phi) is 7.01. The third kappa shape index (κ3) is 4.54. The van der Waals surface area contributed by atoms with Crippen LogP contribution < -0.4 is 9.47 Å². The van der Waals surface area contributed by atoms with Gasteiger partial charge in [-0.25, -0.2) is 0 Å². The molecule has 2 aromatic carbocycles. The van der Waals surface area contributed by atoms with Crippen molar-refractivity contribution in [2.45, 2.75) is 13.2 Å². The number of hydrogen-bond donors (Lipinski definition) is 4. The van der Waals surface area contributed by atoms with Crippen LogP contribution in [-0.4, -0.2) is 34.6 Å². The van der Waals surface area contributed by atoms with Crippen LogP contribution in [0.15, 0.2) is 36.4 Å². The zero-order valence-corrected chi connectivity index (χ0v) is 12.5. The molecule has 0 saturated heterocycles. The van der Waals surface area contributed by atoms with E-state index in [1.807, 2.05) is 0 Å². The van der Waals surface area contributed by atoms with E-state index in [4.69, 9.17) is 24.8 Å². The van der Waals surface area contributed by atoms with Crippen LogP contribution in [0, 0.1) is 0 Å². The van der Waals surface area contributed by atoms with Gasteiger partial charge in [-0.05, 0) is 29.8 Å². The first-order valence-electron chi connectivity index (χ1n) is 6.49. The van der Waals surface area contributed by atoms with E-state index < -0.39 is 0 Å². The molecule has 4 N–H and O–H groups in total. The van der Waals surface area contributed by atoms with Gasteiger partial charge in [-0.15, -0.1) is 0 Å². The summed E-state index contributed by atoms with van der Waals surface area (Å²) >= 11 is 0. The van der Waals surface area contributed by atoms with E-state index in [2.05, 4.69) is 0 Å². The van der Waals surface area contributed by atoms with Crippen molar-refractivity contribution in [3.63, 3.8) is 0 Å². The highest BCUT2D eigenvalue weighted by Gasteiger charge is 2.08. The van der Waals surface area contributed by atoms with E-state index in [9.17, 15) is 5.11 Å².